The molecule has 1 aromatic carbocycles. The van der Waals surface area contributed by atoms with Gasteiger partial charge in [0.05, 0.1) is 28.5 Å². The van der Waals surface area contributed by atoms with E-state index in [-0.39, 0.29) is 11.2 Å². The first-order valence-corrected chi connectivity index (χ1v) is 8.07. The monoisotopic (exact) mass is 327 g/mol. The Morgan fingerprint density at radius 2 is 2.13 bits per heavy atom. The topological polar surface area (TPSA) is 75.0 Å². The van der Waals surface area contributed by atoms with Gasteiger partial charge in [0, 0.05) is 11.9 Å². The number of nitriles is 1. The number of pyridine rings is 1. The molecule has 23 heavy (non-hydrogen) atoms. The van der Waals surface area contributed by atoms with Gasteiger partial charge in [-0.15, -0.1) is 0 Å². The Kier molecular flexibility index (Phi) is 6.01. The van der Waals surface area contributed by atoms with Crippen LogP contribution in [0.15, 0.2) is 47.6 Å². The number of hydrogen-bond donors (Lipinski definition) is 1. The number of anilines is 1. The van der Waals surface area contributed by atoms with Crippen molar-refractivity contribution >= 4 is 23.4 Å². The van der Waals surface area contributed by atoms with Crippen LogP contribution in [-0.2, 0) is 4.79 Å². The predicted molar refractivity (Wildman–Crippen MR) is 90.5 cm³/mol. The first-order chi connectivity index (χ1) is 11.1. The van der Waals surface area contributed by atoms with Crippen LogP contribution in [0.4, 0.5) is 5.69 Å². The van der Waals surface area contributed by atoms with E-state index < -0.39 is 0 Å². The highest BCUT2D eigenvalue weighted by Gasteiger charge is 2.15. The summed E-state index contributed by atoms with van der Waals surface area (Å²) in [4.78, 5) is 16.4. The number of aromatic nitrogens is 1. The first-order valence-electron chi connectivity index (χ1n) is 7.19. The van der Waals surface area contributed by atoms with Gasteiger partial charge >= 0.3 is 0 Å². The Balaban J connectivity index is 1.95. The summed E-state index contributed by atoms with van der Waals surface area (Å²) in [5.74, 6) is 0.647. The van der Waals surface area contributed by atoms with Crippen molar-refractivity contribution in [1.82, 2.24) is 4.98 Å². The Hall–Kier alpha value is -2.52. The fourth-order valence-electron chi connectivity index (χ4n) is 1.82. The summed E-state index contributed by atoms with van der Waals surface area (Å²) in [7, 11) is 0. The van der Waals surface area contributed by atoms with Crippen molar-refractivity contribution < 1.29 is 9.53 Å². The van der Waals surface area contributed by atoms with E-state index in [9.17, 15) is 4.79 Å². The molecule has 5 nitrogen and oxygen atoms in total. The number of carbonyl (C=O) groups is 1. The zero-order chi connectivity index (χ0) is 16.7. The standard InChI is InChI=1S/C17H17N3O2S/c1-3-22-15-6-4-14(5-7-15)20-17(21)12(2)23-16-10-13(11-18)8-9-19-16/h4-10,12H,3H2,1-2H3,(H,20,21). The molecule has 0 aliphatic rings. The quantitative estimate of drug-likeness (QED) is 0.822. The molecule has 1 atom stereocenters. The average Bonchev–Trinajstić information content (AvgIpc) is 2.57. The van der Waals surface area contributed by atoms with Crippen LogP contribution < -0.4 is 10.1 Å². The zero-order valence-electron chi connectivity index (χ0n) is 12.9. The molecular formula is C17H17N3O2S. The number of nitrogens with one attached hydrogen (secondary N) is 1. The molecule has 2 rings (SSSR count). The molecule has 0 radical (unpaired) electrons. The van der Waals surface area contributed by atoms with E-state index in [0.717, 1.165) is 5.75 Å². The van der Waals surface area contributed by atoms with Crippen LogP contribution in [0.25, 0.3) is 0 Å². The Bertz CT molecular complexity index is 711. The lowest BCUT2D eigenvalue weighted by atomic mass is 10.3. The van der Waals surface area contributed by atoms with Crippen molar-refractivity contribution in [2.45, 2.75) is 24.1 Å². The molecule has 1 unspecified atom stereocenters. The molecule has 1 aromatic heterocycles. The van der Waals surface area contributed by atoms with Gasteiger partial charge in [0.1, 0.15) is 5.75 Å². The third-order valence-corrected chi connectivity index (χ3v) is 4.00. The predicted octanol–water partition coefficient (Wildman–Crippen LogP) is 3.47. The fraction of sp³-hybridized carbons (Fsp3) is 0.235. The second-order valence-electron chi connectivity index (χ2n) is 4.70. The molecule has 1 heterocycles. The van der Waals surface area contributed by atoms with Gasteiger partial charge in [-0.3, -0.25) is 4.79 Å². The highest BCUT2D eigenvalue weighted by Crippen LogP contribution is 2.23. The summed E-state index contributed by atoms with van der Waals surface area (Å²) >= 11 is 1.31. The lowest BCUT2D eigenvalue weighted by Gasteiger charge is -2.12. The first kappa shape index (κ1) is 16.8. The molecule has 0 aliphatic carbocycles. The van der Waals surface area contributed by atoms with Gasteiger partial charge in [-0.1, -0.05) is 11.8 Å². The average molecular weight is 327 g/mol. The zero-order valence-corrected chi connectivity index (χ0v) is 13.8. The Morgan fingerprint density at radius 1 is 1.39 bits per heavy atom. The number of carbonyl (C=O) groups excluding carboxylic acids is 1. The lowest BCUT2D eigenvalue weighted by Crippen LogP contribution is -2.22. The van der Waals surface area contributed by atoms with Crippen molar-refractivity contribution in [2.75, 3.05) is 11.9 Å². The van der Waals surface area contributed by atoms with Crippen LogP contribution in [0.3, 0.4) is 0 Å². The maximum absolute atomic E-state index is 12.2. The van der Waals surface area contributed by atoms with Gasteiger partial charge in [0.15, 0.2) is 0 Å². The second-order valence-corrected chi connectivity index (χ2v) is 6.06. The van der Waals surface area contributed by atoms with Crippen molar-refractivity contribution in [3.63, 3.8) is 0 Å². The molecule has 0 spiro atoms. The normalized spacial score (nSPS) is 11.3. The van der Waals surface area contributed by atoms with Gasteiger partial charge in [-0.25, -0.2) is 4.98 Å². The summed E-state index contributed by atoms with van der Waals surface area (Å²) in [5.41, 5.74) is 1.24. The van der Waals surface area contributed by atoms with Crippen LogP contribution in [0.1, 0.15) is 19.4 Å². The van der Waals surface area contributed by atoms with Crippen LogP contribution in [0.2, 0.25) is 0 Å². The number of benzene rings is 1. The SMILES string of the molecule is CCOc1ccc(NC(=O)C(C)Sc2cc(C#N)ccn2)cc1. The van der Waals surface area contributed by atoms with E-state index in [1.807, 2.05) is 19.1 Å². The number of rotatable bonds is 6. The molecule has 0 aliphatic heterocycles. The number of ether oxygens (including phenoxy) is 1. The van der Waals surface area contributed by atoms with Crippen LogP contribution in [0, 0.1) is 11.3 Å². The molecule has 0 saturated carbocycles. The van der Waals surface area contributed by atoms with E-state index in [2.05, 4.69) is 16.4 Å². The van der Waals surface area contributed by atoms with Gasteiger partial charge in [-0.05, 0) is 50.2 Å². The minimum Gasteiger partial charge on any atom is -0.494 e. The largest absolute Gasteiger partial charge is 0.494 e. The molecule has 0 fully saturated rings. The molecule has 6 heteroatoms. The highest BCUT2D eigenvalue weighted by molar-refractivity contribution is 8.00. The molecule has 0 saturated heterocycles. The minimum absolute atomic E-state index is 0.122. The molecule has 1 N–H and O–H groups in total. The molecule has 1 amide bonds. The summed E-state index contributed by atoms with van der Waals surface area (Å²) in [6.07, 6.45) is 1.57. The number of nitrogens with zero attached hydrogens (tertiary/aromatic N) is 2. The molecule has 0 bridgehead atoms. The summed E-state index contributed by atoms with van der Waals surface area (Å²) in [6.45, 7) is 4.33. The summed E-state index contributed by atoms with van der Waals surface area (Å²) < 4.78 is 5.36. The molecular weight excluding hydrogens is 310 g/mol. The Labute approximate surface area is 139 Å². The molecule has 2 aromatic rings. The fourth-order valence-corrected chi connectivity index (χ4v) is 2.67. The lowest BCUT2D eigenvalue weighted by molar-refractivity contribution is -0.115. The number of thioether (sulfide) groups is 1. The maximum Gasteiger partial charge on any atom is 0.237 e. The van der Waals surface area contributed by atoms with E-state index in [0.29, 0.717) is 22.9 Å². The summed E-state index contributed by atoms with van der Waals surface area (Å²) in [5, 5.41) is 12.1. The van der Waals surface area contributed by atoms with Crippen LogP contribution in [0.5, 0.6) is 5.75 Å². The van der Waals surface area contributed by atoms with E-state index in [4.69, 9.17) is 10.00 Å². The van der Waals surface area contributed by atoms with Crippen molar-refractivity contribution in [3.05, 3.63) is 48.2 Å². The number of hydrogen-bond acceptors (Lipinski definition) is 5. The van der Waals surface area contributed by atoms with Gasteiger partial charge in [-0.2, -0.15) is 5.26 Å². The van der Waals surface area contributed by atoms with Gasteiger partial charge in [0.2, 0.25) is 5.91 Å². The van der Waals surface area contributed by atoms with E-state index in [1.165, 1.54) is 11.8 Å². The smallest absolute Gasteiger partial charge is 0.237 e. The van der Waals surface area contributed by atoms with Gasteiger partial charge in [0.25, 0.3) is 0 Å². The third kappa shape index (κ3) is 5.01. The minimum atomic E-state index is -0.331. The van der Waals surface area contributed by atoms with E-state index >= 15 is 0 Å². The molecule has 118 valence electrons. The van der Waals surface area contributed by atoms with Gasteiger partial charge < -0.3 is 10.1 Å². The van der Waals surface area contributed by atoms with Crippen LogP contribution in [-0.4, -0.2) is 22.7 Å². The van der Waals surface area contributed by atoms with Crippen LogP contribution >= 0.6 is 11.8 Å². The maximum atomic E-state index is 12.2. The van der Waals surface area contributed by atoms with Crippen molar-refractivity contribution in [2.24, 2.45) is 0 Å². The second kappa shape index (κ2) is 8.20. The Morgan fingerprint density at radius 3 is 2.78 bits per heavy atom. The van der Waals surface area contributed by atoms with E-state index in [1.54, 1.807) is 37.4 Å². The van der Waals surface area contributed by atoms with Crippen molar-refractivity contribution in [3.8, 4) is 11.8 Å². The highest BCUT2D eigenvalue weighted by atomic mass is 32.2. The number of amides is 1. The summed E-state index contributed by atoms with van der Waals surface area (Å²) in [6, 6.07) is 12.6. The third-order valence-electron chi connectivity index (χ3n) is 2.96. The van der Waals surface area contributed by atoms with Crippen molar-refractivity contribution in [1.29, 1.82) is 5.26 Å².